The van der Waals surface area contributed by atoms with Gasteiger partial charge in [-0.1, -0.05) is 50.3 Å². The topological polar surface area (TPSA) is 394 Å². The predicted octanol–water partition coefficient (Wildman–Crippen LogP) is 4.88. The molecule has 0 unspecified atom stereocenters. The highest BCUT2D eigenvalue weighted by Gasteiger charge is 2.45. The highest BCUT2D eigenvalue weighted by atomic mass is 32.2. The lowest BCUT2D eigenvalue weighted by atomic mass is 9.79. The van der Waals surface area contributed by atoms with Crippen molar-refractivity contribution in [3.63, 3.8) is 0 Å². The molecule has 0 atom stereocenters. The van der Waals surface area contributed by atoms with E-state index >= 15 is 0 Å². The fraction of sp³-hybridized carbons (Fsp3) is 0.508. The molecule has 0 fully saturated rings. The van der Waals surface area contributed by atoms with E-state index in [1.807, 2.05) is 85.7 Å². The second-order valence-electron chi connectivity index (χ2n) is 23.8. The summed E-state index contributed by atoms with van der Waals surface area (Å²) in [6.45, 7) is 10.3. The highest BCUT2D eigenvalue weighted by Crippen LogP contribution is 2.49. The maximum atomic E-state index is 12.8. The fourth-order valence-corrected chi connectivity index (χ4v) is 13.4. The van der Waals surface area contributed by atoms with E-state index in [0.29, 0.717) is 138 Å². The van der Waals surface area contributed by atoms with Crippen LogP contribution in [-0.4, -0.2) is 183 Å². The van der Waals surface area contributed by atoms with E-state index in [1.54, 1.807) is 12.1 Å². The van der Waals surface area contributed by atoms with E-state index in [0.717, 1.165) is 34.3 Å². The van der Waals surface area contributed by atoms with Crippen molar-refractivity contribution in [2.24, 2.45) is 5.73 Å². The summed E-state index contributed by atoms with van der Waals surface area (Å²) in [6.07, 6.45) is 13.5. The molecular weight excluding hydrogens is 1290 g/mol. The Morgan fingerprint density at radius 1 is 0.602 bits per heavy atom. The number of carbonyl (C=O) groups is 4. The number of fused-ring (bicyclic) bond motifs is 2. The van der Waals surface area contributed by atoms with Gasteiger partial charge in [0.1, 0.15) is 6.54 Å². The minimum atomic E-state index is -4.59. The molecule has 512 valence electrons. The van der Waals surface area contributed by atoms with E-state index in [4.69, 9.17) is 19.9 Å². The Morgan fingerprint density at radius 2 is 1.16 bits per heavy atom. The van der Waals surface area contributed by atoms with Crippen LogP contribution in [0.3, 0.4) is 0 Å². The summed E-state index contributed by atoms with van der Waals surface area (Å²) in [4.78, 5) is 48.7. The molecule has 26 nitrogen and oxygen atoms in total. The number of unbranched alkanes of at least 4 members (excludes halogenated alkanes) is 1. The molecule has 0 radical (unpaired) electrons. The smallest absolute Gasteiger partial charge is 0.294 e. The average Bonchev–Trinajstić information content (AvgIpc) is 1.60. The Labute approximate surface area is 545 Å². The summed E-state index contributed by atoms with van der Waals surface area (Å²) in [5.41, 5.74) is 11.9. The Balaban J connectivity index is 1.09. The molecule has 2 heterocycles. The number of benzene rings is 3. The zero-order chi connectivity index (χ0) is 68.2. The molecule has 0 spiro atoms. The second-order valence-corrected chi connectivity index (χ2v) is 29.7. The number of nitrogens with two attached hydrogens (primary N) is 1. The normalized spacial score (nSPS) is 16.5. The summed E-state index contributed by atoms with van der Waals surface area (Å²) in [6, 6.07) is 16.7. The van der Waals surface area contributed by atoms with Gasteiger partial charge in [0.2, 0.25) is 29.3 Å². The maximum Gasteiger partial charge on any atom is 0.294 e. The number of rotatable bonds is 38. The maximum absolute atomic E-state index is 12.8. The van der Waals surface area contributed by atoms with E-state index in [9.17, 15) is 71.1 Å². The van der Waals surface area contributed by atoms with Crippen LogP contribution < -0.4 is 31.9 Å². The van der Waals surface area contributed by atoms with Crippen LogP contribution in [-0.2, 0) is 91.1 Å². The third-order valence-corrected chi connectivity index (χ3v) is 19.4. The van der Waals surface area contributed by atoms with Crippen molar-refractivity contribution in [3.8, 4) is 0 Å². The summed E-state index contributed by atoms with van der Waals surface area (Å²) in [5, 5.41) is 10.3. The SMILES string of the molecule is CC1(C)C(/C=C/C2=C(c3ccc(CCCCC(=O)NCCCOCCOCCOCCCNC(=O)CNC(=O)CNC(=O)CN)cc3)C(=C/C=C3/N(CCCS(=O)(=O)O)c4ccc(S(=O)(=O)O)cc4C3(C)C)/CCC2)=[N+](CCCS(=O)(=O)O)c2ccc(S(=O)(=O)O)cc21. The monoisotopic (exact) mass is 1370 g/mol. The minimum absolute atomic E-state index is 0.0340. The van der Waals surface area contributed by atoms with Crippen LogP contribution in [0, 0.1) is 0 Å². The van der Waals surface area contributed by atoms with Crippen molar-refractivity contribution in [2.75, 3.05) is 102 Å². The van der Waals surface area contributed by atoms with Crippen molar-refractivity contribution in [3.05, 3.63) is 124 Å². The fourth-order valence-electron chi connectivity index (χ4n) is 11.4. The van der Waals surface area contributed by atoms with E-state index in [-0.39, 0.29) is 67.2 Å². The molecule has 0 saturated carbocycles. The number of hydrogen-bond acceptors (Lipinski definition) is 17. The number of carbonyl (C=O) groups excluding carboxylic acids is 4. The summed E-state index contributed by atoms with van der Waals surface area (Å²) < 4.78 is 155. The zero-order valence-corrected chi connectivity index (χ0v) is 56.3. The third-order valence-electron chi connectivity index (χ3n) is 16.1. The number of nitrogens with one attached hydrogen (secondary N) is 4. The van der Waals surface area contributed by atoms with Crippen molar-refractivity contribution in [2.45, 2.75) is 119 Å². The number of amides is 4. The standard InChI is InChI=1S/C63H87N7O19S4/c1-62(2)51-40-49(92(81,82)83)22-24-53(51)69(30-10-38-90(75,76)77)55(62)26-20-46-13-7-14-47(21-27-56-63(3,4)52-41-50(93(84,85)86)23-25-54(52)70(56)31-11-39-91(78,79)80)61(46)48-18-16-45(17-19-48)12-5-6-15-57(71)65-28-8-32-87-34-36-89-37-35-88-33-9-29-66-59(73)43-68-60(74)44-67-58(72)42-64/h16-27,40-41H,5-15,28-39,42-44,64H2,1-4H3,(H7-,65,66,67,68,71,72,73,74,75,76,77,78,79,80,81,82,83,84,85,86)/p+1. The van der Waals surface area contributed by atoms with Gasteiger partial charge in [-0.2, -0.15) is 38.2 Å². The van der Waals surface area contributed by atoms with Crippen molar-refractivity contribution < 1.29 is 89.8 Å². The number of anilines is 1. The van der Waals surface area contributed by atoms with Gasteiger partial charge in [0.15, 0.2) is 5.71 Å². The van der Waals surface area contributed by atoms with Gasteiger partial charge < -0.3 is 46.1 Å². The molecule has 2 aliphatic heterocycles. The molecule has 6 rings (SSSR count). The Hall–Kier alpha value is -6.55. The van der Waals surface area contributed by atoms with Crippen LogP contribution in [0.4, 0.5) is 11.4 Å². The Kier molecular flexibility index (Phi) is 27.8. The summed E-state index contributed by atoms with van der Waals surface area (Å²) in [5.74, 6) is -2.46. The highest BCUT2D eigenvalue weighted by molar-refractivity contribution is 7.86. The van der Waals surface area contributed by atoms with Crippen molar-refractivity contribution in [1.29, 1.82) is 0 Å². The van der Waals surface area contributed by atoms with Crippen LogP contribution in [0.5, 0.6) is 0 Å². The van der Waals surface area contributed by atoms with Gasteiger partial charge in [-0.15, -0.1) is 0 Å². The molecule has 1 aliphatic carbocycles. The van der Waals surface area contributed by atoms with E-state index in [1.165, 1.54) is 24.3 Å². The number of allylic oxidation sites excluding steroid dienone is 8. The molecule has 4 amide bonds. The van der Waals surface area contributed by atoms with Gasteiger partial charge in [-0.05, 0) is 141 Å². The van der Waals surface area contributed by atoms with E-state index in [2.05, 4.69) is 21.3 Å². The van der Waals surface area contributed by atoms with E-state index < -0.39 is 74.6 Å². The largest absolute Gasteiger partial charge is 0.379 e. The first-order valence-electron chi connectivity index (χ1n) is 30.8. The molecule has 0 saturated heterocycles. The molecule has 30 heteroatoms. The summed E-state index contributed by atoms with van der Waals surface area (Å²) >= 11 is 0. The number of hydrogen-bond donors (Lipinski definition) is 9. The average molecular weight is 1380 g/mol. The lowest BCUT2D eigenvalue weighted by Gasteiger charge is -2.27. The third kappa shape index (κ3) is 23.1. The van der Waals surface area contributed by atoms with Gasteiger partial charge in [-0.3, -0.25) is 37.4 Å². The number of nitrogens with zero attached hydrogens (tertiary/aromatic N) is 2. The van der Waals surface area contributed by atoms with Crippen LogP contribution in [0.2, 0.25) is 0 Å². The first-order valence-corrected chi connectivity index (χ1v) is 36.9. The quantitative estimate of drug-likeness (QED) is 0.0210. The predicted molar refractivity (Wildman–Crippen MR) is 351 cm³/mol. The van der Waals surface area contributed by atoms with Crippen molar-refractivity contribution >= 4 is 86.8 Å². The minimum Gasteiger partial charge on any atom is -0.379 e. The van der Waals surface area contributed by atoms with Gasteiger partial charge in [0.25, 0.3) is 40.5 Å². The molecule has 3 aliphatic rings. The zero-order valence-electron chi connectivity index (χ0n) is 53.0. The molecule has 3 aromatic carbocycles. The van der Waals surface area contributed by atoms with Crippen molar-refractivity contribution in [1.82, 2.24) is 21.3 Å². The van der Waals surface area contributed by atoms with Gasteiger partial charge in [-0.25, -0.2) is 0 Å². The second kappa shape index (κ2) is 34.2. The first-order chi connectivity index (χ1) is 43.8. The molecular formula is C63H88N7O19S4+. The lowest BCUT2D eigenvalue weighted by molar-refractivity contribution is -0.437. The molecule has 3 aromatic rings. The van der Waals surface area contributed by atoms with Gasteiger partial charge in [0.05, 0.1) is 72.8 Å². The lowest BCUT2D eigenvalue weighted by Crippen LogP contribution is -2.43. The Bertz CT molecular complexity index is 3810. The molecule has 0 bridgehead atoms. The van der Waals surface area contributed by atoms with Crippen LogP contribution >= 0.6 is 0 Å². The molecule has 0 aromatic heterocycles. The first kappa shape index (κ1) is 75.5. The number of aryl methyl sites for hydroxylation is 1. The van der Waals surface area contributed by atoms with Crippen LogP contribution in [0.25, 0.3) is 5.57 Å². The Morgan fingerprint density at radius 3 is 1.76 bits per heavy atom. The van der Waals surface area contributed by atoms with Gasteiger partial charge in [0, 0.05) is 80.2 Å². The molecule has 10 N–H and O–H groups in total. The summed E-state index contributed by atoms with van der Waals surface area (Å²) in [7, 11) is -17.8. The van der Waals surface area contributed by atoms with Gasteiger partial charge >= 0.3 is 0 Å². The molecule has 93 heavy (non-hydrogen) atoms. The van der Waals surface area contributed by atoms with Crippen LogP contribution in [0.15, 0.2) is 112 Å². The van der Waals surface area contributed by atoms with Crippen LogP contribution in [0.1, 0.15) is 114 Å². The number of ether oxygens (including phenoxy) is 3.